The zero-order valence-corrected chi connectivity index (χ0v) is 18.4. The van der Waals surface area contributed by atoms with E-state index < -0.39 is 0 Å². The van der Waals surface area contributed by atoms with Crippen molar-refractivity contribution in [2.45, 2.75) is 12.5 Å². The van der Waals surface area contributed by atoms with Crippen LogP contribution >= 0.6 is 11.3 Å². The van der Waals surface area contributed by atoms with Crippen LogP contribution in [-0.2, 0) is 4.74 Å². The molecule has 4 heterocycles. The number of nitrogens with zero attached hydrogens (tertiary/aromatic N) is 5. The van der Waals surface area contributed by atoms with Gasteiger partial charge in [-0.15, -0.1) is 11.3 Å². The van der Waals surface area contributed by atoms with E-state index in [1.54, 1.807) is 11.3 Å². The number of benzene rings is 2. The molecule has 0 radical (unpaired) electrons. The molecule has 4 aromatic rings. The number of hydrogen-bond donors (Lipinski definition) is 0. The van der Waals surface area contributed by atoms with Crippen LogP contribution in [0.1, 0.15) is 23.6 Å². The number of fused-ring (bicyclic) bond motifs is 1. The van der Waals surface area contributed by atoms with E-state index in [1.807, 2.05) is 17.1 Å². The third-order valence-electron chi connectivity index (χ3n) is 5.99. The average Bonchev–Trinajstić information content (AvgIpc) is 3.53. The monoisotopic (exact) mass is 441 g/mol. The summed E-state index contributed by atoms with van der Waals surface area (Å²) in [6.07, 6.45) is 0.811. The van der Waals surface area contributed by atoms with Crippen molar-refractivity contribution in [1.82, 2.24) is 9.97 Å². The van der Waals surface area contributed by atoms with E-state index in [9.17, 15) is 0 Å². The fourth-order valence-corrected chi connectivity index (χ4v) is 5.21. The zero-order chi connectivity index (χ0) is 21.3. The van der Waals surface area contributed by atoms with Gasteiger partial charge in [0.15, 0.2) is 5.82 Å². The number of rotatable bonds is 4. The van der Waals surface area contributed by atoms with Crippen molar-refractivity contribution < 1.29 is 4.74 Å². The van der Waals surface area contributed by atoms with Gasteiger partial charge in [-0.25, -0.2) is 9.99 Å². The van der Waals surface area contributed by atoms with E-state index in [0.29, 0.717) is 5.95 Å². The van der Waals surface area contributed by atoms with E-state index in [-0.39, 0.29) is 6.04 Å². The topological polar surface area (TPSA) is 53.9 Å². The SMILES string of the molecule is c1ccc(C2=NN(c3nc(N4CCOCC4)c4sccc4n3)C(c3ccccc3)C2)cc1. The van der Waals surface area contributed by atoms with E-state index in [0.717, 1.165) is 60.0 Å². The molecule has 1 unspecified atom stereocenters. The summed E-state index contributed by atoms with van der Waals surface area (Å²) in [5.74, 6) is 1.63. The highest BCUT2D eigenvalue weighted by atomic mass is 32.1. The van der Waals surface area contributed by atoms with Crippen LogP contribution in [0.25, 0.3) is 10.2 Å². The number of ether oxygens (including phenoxy) is 1. The van der Waals surface area contributed by atoms with Crippen LogP contribution < -0.4 is 9.91 Å². The lowest BCUT2D eigenvalue weighted by Crippen LogP contribution is -2.37. The Kier molecular flexibility index (Phi) is 5.05. The molecule has 0 N–H and O–H groups in total. The summed E-state index contributed by atoms with van der Waals surface area (Å²) >= 11 is 1.69. The van der Waals surface area contributed by atoms with Gasteiger partial charge in [-0.3, -0.25) is 0 Å². The average molecular weight is 442 g/mol. The predicted molar refractivity (Wildman–Crippen MR) is 130 cm³/mol. The molecule has 0 spiro atoms. The second-order valence-corrected chi connectivity index (χ2v) is 8.89. The fourth-order valence-electron chi connectivity index (χ4n) is 4.36. The molecular formula is C25H23N5OS. The lowest BCUT2D eigenvalue weighted by atomic mass is 9.99. The zero-order valence-electron chi connectivity index (χ0n) is 17.6. The molecule has 2 aromatic carbocycles. The Hall–Kier alpha value is -3.29. The molecule has 1 saturated heterocycles. The minimum absolute atomic E-state index is 0.0556. The van der Waals surface area contributed by atoms with Gasteiger partial charge in [-0.05, 0) is 22.6 Å². The largest absolute Gasteiger partial charge is 0.378 e. The summed E-state index contributed by atoms with van der Waals surface area (Å²) in [5, 5.41) is 9.15. The van der Waals surface area contributed by atoms with Gasteiger partial charge < -0.3 is 9.64 Å². The number of morpholine rings is 1. The van der Waals surface area contributed by atoms with Crippen molar-refractivity contribution >= 4 is 39.0 Å². The first kappa shape index (κ1) is 19.4. The van der Waals surface area contributed by atoms with Gasteiger partial charge >= 0.3 is 0 Å². The molecule has 6 nitrogen and oxygen atoms in total. The van der Waals surface area contributed by atoms with Gasteiger partial charge in [0.1, 0.15) is 0 Å². The van der Waals surface area contributed by atoms with Crippen molar-refractivity contribution in [1.29, 1.82) is 0 Å². The van der Waals surface area contributed by atoms with Gasteiger partial charge in [0.2, 0.25) is 5.95 Å². The van der Waals surface area contributed by atoms with Crippen molar-refractivity contribution in [3.63, 3.8) is 0 Å². The van der Waals surface area contributed by atoms with Crippen LogP contribution in [0.15, 0.2) is 77.2 Å². The van der Waals surface area contributed by atoms with Gasteiger partial charge in [0, 0.05) is 19.5 Å². The maximum absolute atomic E-state index is 5.57. The van der Waals surface area contributed by atoms with Crippen LogP contribution in [0.4, 0.5) is 11.8 Å². The summed E-state index contributed by atoms with van der Waals surface area (Å²) in [6.45, 7) is 3.12. The third kappa shape index (κ3) is 3.53. The lowest BCUT2D eigenvalue weighted by Gasteiger charge is -2.29. The van der Waals surface area contributed by atoms with E-state index >= 15 is 0 Å². The van der Waals surface area contributed by atoms with Crippen LogP contribution in [0, 0.1) is 0 Å². The smallest absolute Gasteiger partial charge is 0.249 e. The standard InChI is InChI=1S/C25H23N5OS/c1-3-7-18(8-4-1)21-17-22(19-9-5-2-6-10-19)30(28-21)25-26-20-11-16-32-23(20)24(27-25)29-12-14-31-15-13-29/h1-11,16,22H,12-15,17H2. The maximum Gasteiger partial charge on any atom is 0.249 e. The van der Waals surface area contributed by atoms with Crippen molar-refractivity contribution in [3.8, 4) is 0 Å². The minimum Gasteiger partial charge on any atom is -0.378 e. The highest BCUT2D eigenvalue weighted by molar-refractivity contribution is 7.17. The lowest BCUT2D eigenvalue weighted by molar-refractivity contribution is 0.122. The first-order chi connectivity index (χ1) is 15.9. The Bertz CT molecular complexity index is 1250. The molecule has 1 atom stereocenters. The number of hydrogen-bond acceptors (Lipinski definition) is 7. The quantitative estimate of drug-likeness (QED) is 0.452. The van der Waals surface area contributed by atoms with Crippen LogP contribution in [0.3, 0.4) is 0 Å². The molecular weight excluding hydrogens is 418 g/mol. The minimum atomic E-state index is 0.0556. The predicted octanol–water partition coefficient (Wildman–Crippen LogP) is 4.88. The molecule has 2 aliphatic heterocycles. The van der Waals surface area contributed by atoms with E-state index in [4.69, 9.17) is 19.8 Å². The molecule has 2 aromatic heterocycles. The van der Waals surface area contributed by atoms with Gasteiger partial charge in [0.05, 0.1) is 35.2 Å². The Morgan fingerprint density at radius 3 is 2.41 bits per heavy atom. The molecule has 160 valence electrons. The molecule has 0 aliphatic carbocycles. The van der Waals surface area contributed by atoms with Crippen molar-refractivity contribution in [2.75, 3.05) is 36.2 Å². The van der Waals surface area contributed by atoms with E-state index in [1.165, 1.54) is 5.56 Å². The van der Waals surface area contributed by atoms with Crippen LogP contribution in [0.2, 0.25) is 0 Å². The first-order valence-electron chi connectivity index (χ1n) is 10.9. The van der Waals surface area contributed by atoms with Crippen LogP contribution in [-0.4, -0.2) is 42.0 Å². The van der Waals surface area contributed by atoms with Crippen molar-refractivity contribution in [2.24, 2.45) is 5.10 Å². The Morgan fingerprint density at radius 2 is 1.62 bits per heavy atom. The Labute approximate surface area is 190 Å². The molecule has 0 saturated carbocycles. The third-order valence-corrected chi connectivity index (χ3v) is 6.89. The molecule has 0 bridgehead atoms. The molecule has 32 heavy (non-hydrogen) atoms. The highest BCUT2D eigenvalue weighted by Crippen LogP contribution is 2.38. The number of anilines is 2. The molecule has 6 rings (SSSR count). The molecule has 0 amide bonds. The normalized spacial score (nSPS) is 18.9. The summed E-state index contributed by atoms with van der Waals surface area (Å²) in [7, 11) is 0. The van der Waals surface area contributed by atoms with Crippen molar-refractivity contribution in [3.05, 3.63) is 83.2 Å². The van der Waals surface area contributed by atoms with Crippen LogP contribution in [0.5, 0.6) is 0 Å². The summed E-state index contributed by atoms with van der Waals surface area (Å²) in [4.78, 5) is 12.3. The number of thiophene rings is 1. The molecule has 7 heteroatoms. The highest BCUT2D eigenvalue weighted by Gasteiger charge is 2.32. The summed E-state index contributed by atoms with van der Waals surface area (Å²) in [6, 6.07) is 23.0. The van der Waals surface area contributed by atoms with Gasteiger partial charge in [0.25, 0.3) is 0 Å². The second kappa shape index (κ2) is 8.33. The van der Waals surface area contributed by atoms with Gasteiger partial charge in [-0.1, -0.05) is 60.7 Å². The first-order valence-corrected chi connectivity index (χ1v) is 11.8. The number of aromatic nitrogens is 2. The summed E-state index contributed by atoms with van der Waals surface area (Å²) < 4.78 is 6.69. The molecule has 1 fully saturated rings. The number of hydrazone groups is 1. The Morgan fingerprint density at radius 1 is 0.875 bits per heavy atom. The summed E-state index contributed by atoms with van der Waals surface area (Å²) in [5.41, 5.74) is 4.38. The Balaban J connectivity index is 1.47. The maximum atomic E-state index is 5.57. The molecule has 2 aliphatic rings. The second-order valence-electron chi connectivity index (χ2n) is 7.97. The van der Waals surface area contributed by atoms with Gasteiger partial charge in [-0.2, -0.15) is 10.1 Å². The fraction of sp³-hybridized carbons (Fsp3) is 0.240. The van der Waals surface area contributed by atoms with E-state index in [2.05, 4.69) is 64.9 Å².